The van der Waals surface area contributed by atoms with E-state index in [9.17, 15) is 27.9 Å². The van der Waals surface area contributed by atoms with Crippen LogP contribution in [-0.4, -0.2) is 86.1 Å². The second kappa shape index (κ2) is 12.1. The number of rotatable bonds is 9. The smallest absolute Gasteiger partial charge is 0.408 e. The zero-order chi connectivity index (χ0) is 27.1. The molecule has 2 amide bonds. The first-order valence-corrected chi connectivity index (χ1v) is 13.6. The molecule has 13 heteroatoms. The zero-order valence-corrected chi connectivity index (χ0v) is 21.4. The summed E-state index contributed by atoms with van der Waals surface area (Å²) in [6.07, 6.45) is -1.17. The quantitative estimate of drug-likeness (QED) is 0.475. The fraction of sp³-hybridized carbons (Fsp3) is 0.400. The van der Waals surface area contributed by atoms with Crippen molar-refractivity contribution in [3.63, 3.8) is 0 Å². The SMILES string of the molecule is O=C(N[C@@H](CCC(=O)N1CCN(S(=O)(=O)c2ccc3c(c2)OCCO3)CC1)C(=O)O)OCc1ccccc1. The molecule has 204 valence electrons. The van der Waals surface area contributed by atoms with Gasteiger partial charge in [-0.25, -0.2) is 18.0 Å². The van der Waals surface area contributed by atoms with Gasteiger partial charge in [-0.2, -0.15) is 4.31 Å². The molecular formula is C25H29N3O9S. The predicted octanol–water partition coefficient (Wildman–Crippen LogP) is 1.45. The maximum absolute atomic E-state index is 13.1. The molecular weight excluding hydrogens is 518 g/mol. The maximum atomic E-state index is 13.1. The van der Waals surface area contributed by atoms with Crippen LogP contribution in [0.3, 0.4) is 0 Å². The Labute approximate surface area is 220 Å². The fourth-order valence-corrected chi connectivity index (χ4v) is 5.54. The van der Waals surface area contributed by atoms with Crippen LogP contribution in [0.5, 0.6) is 11.5 Å². The number of benzene rings is 2. The first-order valence-electron chi connectivity index (χ1n) is 12.1. The van der Waals surface area contributed by atoms with Gasteiger partial charge in [0.15, 0.2) is 11.5 Å². The van der Waals surface area contributed by atoms with Gasteiger partial charge in [0.25, 0.3) is 0 Å². The highest BCUT2D eigenvalue weighted by Gasteiger charge is 2.32. The molecule has 0 radical (unpaired) electrons. The summed E-state index contributed by atoms with van der Waals surface area (Å²) in [6.45, 7) is 1.22. The molecule has 1 saturated heterocycles. The molecule has 1 atom stereocenters. The number of alkyl carbamates (subject to hydrolysis) is 1. The minimum Gasteiger partial charge on any atom is -0.486 e. The van der Waals surface area contributed by atoms with E-state index in [0.717, 1.165) is 5.56 Å². The van der Waals surface area contributed by atoms with Gasteiger partial charge in [0.2, 0.25) is 15.9 Å². The number of nitrogens with zero attached hydrogens (tertiary/aromatic N) is 2. The largest absolute Gasteiger partial charge is 0.486 e. The number of carbonyl (C=O) groups is 3. The molecule has 0 unspecified atom stereocenters. The van der Waals surface area contributed by atoms with Crippen molar-refractivity contribution in [1.82, 2.24) is 14.5 Å². The lowest BCUT2D eigenvalue weighted by Crippen LogP contribution is -2.50. The van der Waals surface area contributed by atoms with Crippen LogP contribution < -0.4 is 14.8 Å². The van der Waals surface area contributed by atoms with Gasteiger partial charge < -0.3 is 29.5 Å². The molecule has 2 aromatic rings. The van der Waals surface area contributed by atoms with E-state index in [2.05, 4.69) is 5.32 Å². The Morgan fingerprint density at radius 3 is 2.34 bits per heavy atom. The Morgan fingerprint density at radius 2 is 1.66 bits per heavy atom. The highest BCUT2D eigenvalue weighted by molar-refractivity contribution is 7.89. The third-order valence-corrected chi connectivity index (χ3v) is 8.09. The summed E-state index contributed by atoms with van der Waals surface area (Å²) in [5, 5.41) is 11.7. The van der Waals surface area contributed by atoms with Crippen LogP contribution in [0, 0.1) is 0 Å². The Balaban J connectivity index is 1.25. The number of nitrogens with one attached hydrogen (secondary N) is 1. The van der Waals surface area contributed by atoms with E-state index in [-0.39, 0.29) is 56.4 Å². The number of amides is 2. The summed E-state index contributed by atoms with van der Waals surface area (Å²) in [5.41, 5.74) is 0.750. The Kier molecular flexibility index (Phi) is 8.69. The molecule has 2 aromatic carbocycles. The van der Waals surface area contributed by atoms with E-state index in [1.807, 2.05) is 6.07 Å². The molecule has 0 spiro atoms. The highest BCUT2D eigenvalue weighted by Crippen LogP contribution is 2.33. The number of fused-ring (bicyclic) bond motifs is 1. The third kappa shape index (κ3) is 6.72. The summed E-state index contributed by atoms with van der Waals surface area (Å²) in [6, 6.07) is 12.1. The predicted molar refractivity (Wildman–Crippen MR) is 133 cm³/mol. The number of ether oxygens (including phenoxy) is 3. The van der Waals surface area contributed by atoms with Gasteiger partial charge in [0.05, 0.1) is 4.90 Å². The van der Waals surface area contributed by atoms with Gasteiger partial charge in [0, 0.05) is 38.7 Å². The minimum atomic E-state index is -3.80. The van der Waals surface area contributed by atoms with Crippen molar-refractivity contribution in [1.29, 1.82) is 0 Å². The number of carbonyl (C=O) groups excluding carboxylic acids is 2. The second-order valence-electron chi connectivity index (χ2n) is 8.73. The fourth-order valence-electron chi connectivity index (χ4n) is 4.10. The van der Waals surface area contributed by atoms with Gasteiger partial charge in [-0.3, -0.25) is 4.79 Å². The second-order valence-corrected chi connectivity index (χ2v) is 10.7. The minimum absolute atomic E-state index is 0.0165. The molecule has 4 rings (SSSR count). The number of hydrogen-bond donors (Lipinski definition) is 2. The van der Waals surface area contributed by atoms with Gasteiger partial charge in [0.1, 0.15) is 25.9 Å². The van der Waals surface area contributed by atoms with Crippen LogP contribution in [0.1, 0.15) is 18.4 Å². The summed E-state index contributed by atoms with van der Waals surface area (Å²) in [4.78, 5) is 37.9. The van der Waals surface area contributed by atoms with Crippen LogP contribution >= 0.6 is 0 Å². The lowest BCUT2D eigenvalue weighted by Gasteiger charge is -2.34. The van der Waals surface area contributed by atoms with Crippen LogP contribution in [0.15, 0.2) is 53.4 Å². The lowest BCUT2D eigenvalue weighted by atomic mass is 10.1. The van der Waals surface area contributed by atoms with Crippen molar-refractivity contribution in [2.75, 3.05) is 39.4 Å². The van der Waals surface area contributed by atoms with Crippen molar-refractivity contribution in [3.8, 4) is 11.5 Å². The van der Waals surface area contributed by atoms with Crippen molar-refractivity contribution >= 4 is 28.0 Å². The van der Waals surface area contributed by atoms with Crippen LogP contribution in [0.25, 0.3) is 0 Å². The number of carboxylic acids is 1. The van der Waals surface area contributed by atoms with Gasteiger partial charge in [-0.1, -0.05) is 30.3 Å². The summed E-state index contributed by atoms with van der Waals surface area (Å²) >= 11 is 0. The monoisotopic (exact) mass is 547 g/mol. The van der Waals surface area contributed by atoms with Crippen LogP contribution in [-0.2, 0) is 31.0 Å². The number of carboxylic acid groups (broad SMARTS) is 1. The topological polar surface area (TPSA) is 152 Å². The molecule has 2 N–H and O–H groups in total. The molecule has 1 fully saturated rings. The Morgan fingerprint density at radius 1 is 0.974 bits per heavy atom. The Hall–Kier alpha value is -3.84. The van der Waals surface area contributed by atoms with Crippen molar-refractivity contribution in [2.45, 2.75) is 30.4 Å². The van der Waals surface area contributed by atoms with Crippen molar-refractivity contribution in [3.05, 3.63) is 54.1 Å². The zero-order valence-electron chi connectivity index (χ0n) is 20.6. The average molecular weight is 548 g/mol. The molecule has 0 aliphatic carbocycles. The van der Waals surface area contributed by atoms with Gasteiger partial charge >= 0.3 is 12.1 Å². The first kappa shape index (κ1) is 27.2. The molecule has 2 heterocycles. The number of aliphatic carboxylic acids is 1. The van der Waals surface area contributed by atoms with Crippen LogP contribution in [0.2, 0.25) is 0 Å². The maximum Gasteiger partial charge on any atom is 0.408 e. The molecule has 0 aromatic heterocycles. The standard InChI is InChI=1S/C25H29N3O9S/c29-23(9-7-20(24(30)31)26-25(32)37-17-18-4-2-1-3-5-18)27-10-12-28(13-11-27)38(33,34)19-6-8-21-22(16-19)36-15-14-35-21/h1-6,8,16,20H,7,9-15,17H2,(H,26,32)(H,30,31)/t20-/m0/s1. The van der Waals surface area contributed by atoms with E-state index in [1.165, 1.54) is 21.3 Å². The van der Waals surface area contributed by atoms with Crippen LogP contribution in [0.4, 0.5) is 4.79 Å². The molecule has 38 heavy (non-hydrogen) atoms. The summed E-state index contributed by atoms with van der Waals surface area (Å²) < 4.78 is 43.5. The van der Waals surface area contributed by atoms with Crippen molar-refractivity contribution < 1.29 is 42.1 Å². The number of sulfonamides is 1. The summed E-state index contributed by atoms with van der Waals surface area (Å²) in [5.74, 6) is -0.752. The highest BCUT2D eigenvalue weighted by atomic mass is 32.2. The molecule has 0 saturated carbocycles. The number of piperazine rings is 1. The third-order valence-electron chi connectivity index (χ3n) is 6.19. The lowest BCUT2D eigenvalue weighted by molar-refractivity contribution is -0.140. The first-order chi connectivity index (χ1) is 18.2. The van der Waals surface area contributed by atoms with Gasteiger partial charge in [-0.05, 0) is 24.1 Å². The number of hydrogen-bond acceptors (Lipinski definition) is 8. The van der Waals surface area contributed by atoms with E-state index < -0.39 is 28.1 Å². The van der Waals surface area contributed by atoms with E-state index in [4.69, 9.17) is 14.2 Å². The van der Waals surface area contributed by atoms with Crippen molar-refractivity contribution in [2.24, 2.45) is 0 Å². The Bertz CT molecular complexity index is 1260. The van der Waals surface area contributed by atoms with Gasteiger partial charge in [-0.15, -0.1) is 0 Å². The molecule has 12 nitrogen and oxygen atoms in total. The average Bonchev–Trinajstić information content (AvgIpc) is 2.94. The molecule has 2 aliphatic heterocycles. The normalized spacial score (nSPS) is 16.4. The molecule has 2 aliphatic rings. The van der Waals surface area contributed by atoms with E-state index in [0.29, 0.717) is 24.7 Å². The van der Waals surface area contributed by atoms with E-state index in [1.54, 1.807) is 30.3 Å². The summed E-state index contributed by atoms with van der Waals surface area (Å²) in [7, 11) is -3.80. The van der Waals surface area contributed by atoms with E-state index >= 15 is 0 Å². The molecule has 0 bridgehead atoms.